The third-order valence-electron chi connectivity index (χ3n) is 11.8. The van der Waals surface area contributed by atoms with Crippen LogP contribution in [-0.2, 0) is 11.8 Å². The second-order valence-corrected chi connectivity index (χ2v) is 15.3. The van der Waals surface area contributed by atoms with Crippen LogP contribution >= 0.6 is 0 Å². The fourth-order valence-electron chi connectivity index (χ4n) is 9.08. The van der Waals surface area contributed by atoms with Crippen molar-refractivity contribution in [3.63, 3.8) is 0 Å². The molecule has 0 atom stereocenters. The summed E-state index contributed by atoms with van der Waals surface area (Å²) in [7, 11) is 0. The maximum atomic E-state index is 3.99. The molecule has 0 N–H and O–H groups in total. The number of anilines is 6. The van der Waals surface area contributed by atoms with Crippen LogP contribution in [-0.4, -0.2) is 0 Å². The molecule has 9 aromatic carbocycles. The van der Waals surface area contributed by atoms with Crippen LogP contribution in [0.15, 0.2) is 213 Å². The molecular weight excluding hydrogens is 689 g/mol. The van der Waals surface area contributed by atoms with Gasteiger partial charge in [0.15, 0.2) is 0 Å². The van der Waals surface area contributed by atoms with Gasteiger partial charge in [-0.1, -0.05) is 165 Å². The summed E-state index contributed by atoms with van der Waals surface area (Å²) in [5.41, 5.74) is 14.2. The molecule has 0 radical (unpaired) electrons. The number of benzene rings is 9. The maximum absolute atomic E-state index is 3.99. The van der Waals surface area contributed by atoms with E-state index in [0.29, 0.717) is 0 Å². The number of nitrogens with zero attached hydrogens (tertiary/aromatic N) is 2. The third kappa shape index (κ3) is 5.98. The van der Waals surface area contributed by atoms with Crippen molar-refractivity contribution in [3.05, 3.63) is 235 Å². The van der Waals surface area contributed by atoms with E-state index < -0.39 is 0 Å². The second kappa shape index (κ2) is 14.2. The number of para-hydroxylation sites is 2. The Labute approximate surface area is 335 Å². The Morgan fingerprint density at radius 3 is 1.35 bits per heavy atom. The molecule has 0 heterocycles. The molecule has 0 aliphatic heterocycles. The van der Waals surface area contributed by atoms with Gasteiger partial charge >= 0.3 is 0 Å². The summed E-state index contributed by atoms with van der Waals surface area (Å²) >= 11 is 0. The second-order valence-electron chi connectivity index (χ2n) is 15.3. The van der Waals surface area contributed by atoms with Crippen LogP contribution in [0.3, 0.4) is 0 Å². The van der Waals surface area contributed by atoms with E-state index in [1.165, 1.54) is 49.4 Å². The molecule has 0 saturated carbocycles. The lowest BCUT2D eigenvalue weighted by atomic mass is 9.75. The maximum Gasteiger partial charge on any atom is 0.0540 e. The standard InChI is InChI=1S/C55H42N2/c1-3-39-28-30-40(31-29-39)38-55(2)51-34-32-45(56(43-20-6-4-7-21-43)53-26-14-18-41-16-10-12-24-47(41)53)36-49(51)50-37-46(33-35-52(50)55)57(44-22-8-5-9-23-44)54-27-15-19-42-17-11-13-25-48(42)54/h3-37H,1,38H2,2H3. The average Bonchev–Trinajstić information content (AvgIpc) is 3.51. The van der Waals surface area contributed by atoms with Gasteiger partial charge in [0.05, 0.1) is 11.4 Å². The van der Waals surface area contributed by atoms with Gasteiger partial charge in [-0.25, -0.2) is 0 Å². The zero-order valence-corrected chi connectivity index (χ0v) is 32.0. The minimum atomic E-state index is -0.258. The quantitative estimate of drug-likeness (QED) is 0.146. The van der Waals surface area contributed by atoms with Crippen molar-refractivity contribution >= 4 is 61.7 Å². The summed E-state index contributed by atoms with van der Waals surface area (Å²) in [6.45, 7) is 6.42. The number of rotatable bonds is 9. The topological polar surface area (TPSA) is 6.48 Å². The van der Waals surface area contributed by atoms with Gasteiger partial charge in [-0.2, -0.15) is 0 Å². The molecule has 272 valence electrons. The molecule has 2 heteroatoms. The Morgan fingerprint density at radius 2 is 0.877 bits per heavy atom. The first-order valence-electron chi connectivity index (χ1n) is 19.8. The minimum Gasteiger partial charge on any atom is -0.310 e. The molecule has 0 amide bonds. The van der Waals surface area contributed by atoms with E-state index in [1.54, 1.807) is 0 Å². The van der Waals surface area contributed by atoms with Crippen molar-refractivity contribution in [2.75, 3.05) is 9.80 Å². The van der Waals surface area contributed by atoms with Crippen LogP contribution in [0, 0.1) is 0 Å². The summed E-state index contributed by atoms with van der Waals surface area (Å²) in [5.74, 6) is 0. The predicted molar refractivity (Wildman–Crippen MR) is 243 cm³/mol. The summed E-state index contributed by atoms with van der Waals surface area (Å²) in [5, 5.41) is 4.87. The first-order valence-corrected chi connectivity index (χ1v) is 19.8. The van der Waals surface area contributed by atoms with Crippen molar-refractivity contribution < 1.29 is 0 Å². The van der Waals surface area contributed by atoms with E-state index in [2.05, 4.69) is 230 Å². The molecular formula is C55H42N2. The van der Waals surface area contributed by atoms with Gasteiger partial charge in [-0.15, -0.1) is 0 Å². The van der Waals surface area contributed by atoms with Crippen LogP contribution in [0.1, 0.15) is 29.2 Å². The fraction of sp³-hybridized carbons (Fsp3) is 0.0545. The zero-order chi connectivity index (χ0) is 38.3. The molecule has 2 nitrogen and oxygen atoms in total. The summed E-state index contributed by atoms with van der Waals surface area (Å²) in [6.07, 6.45) is 2.79. The first-order chi connectivity index (χ1) is 28.1. The van der Waals surface area contributed by atoms with E-state index in [4.69, 9.17) is 0 Å². The van der Waals surface area contributed by atoms with Gasteiger partial charge in [-0.05, 0) is 111 Å². The predicted octanol–water partition coefficient (Wildman–Crippen LogP) is 15.1. The molecule has 1 aliphatic carbocycles. The highest BCUT2D eigenvalue weighted by Gasteiger charge is 2.40. The van der Waals surface area contributed by atoms with E-state index in [9.17, 15) is 0 Å². The van der Waals surface area contributed by atoms with Crippen LogP contribution in [0.5, 0.6) is 0 Å². The molecule has 0 spiro atoms. The van der Waals surface area contributed by atoms with Gasteiger partial charge in [-0.3, -0.25) is 0 Å². The van der Waals surface area contributed by atoms with Gasteiger partial charge in [0.1, 0.15) is 0 Å². The zero-order valence-electron chi connectivity index (χ0n) is 32.0. The SMILES string of the molecule is C=Cc1ccc(CC2(C)c3ccc(N(c4ccccc4)c4cccc5ccccc45)cc3-c3cc(N(c4ccccc4)c4cccc5ccccc45)ccc32)cc1. The lowest BCUT2D eigenvalue weighted by molar-refractivity contribution is 0.583. The van der Waals surface area contributed by atoms with E-state index in [-0.39, 0.29) is 5.41 Å². The lowest BCUT2D eigenvalue weighted by Gasteiger charge is -2.30. The number of hydrogen-bond donors (Lipinski definition) is 0. The van der Waals surface area contributed by atoms with Crippen LogP contribution in [0.4, 0.5) is 34.1 Å². The fourth-order valence-corrected chi connectivity index (χ4v) is 9.08. The first kappa shape index (κ1) is 34.3. The van der Waals surface area contributed by atoms with Crippen LogP contribution in [0.25, 0.3) is 38.7 Å². The van der Waals surface area contributed by atoms with Crippen molar-refractivity contribution in [3.8, 4) is 11.1 Å². The Hall–Kier alpha value is -7.16. The molecule has 0 fully saturated rings. The van der Waals surface area contributed by atoms with Crippen molar-refractivity contribution in [2.24, 2.45) is 0 Å². The van der Waals surface area contributed by atoms with Gasteiger partial charge in [0.2, 0.25) is 0 Å². The molecule has 0 saturated heterocycles. The van der Waals surface area contributed by atoms with Crippen molar-refractivity contribution in [1.29, 1.82) is 0 Å². The van der Waals surface area contributed by atoms with E-state index in [1.807, 2.05) is 6.08 Å². The molecule has 10 rings (SSSR count). The Bertz CT molecular complexity index is 2730. The summed E-state index contributed by atoms with van der Waals surface area (Å²) in [4.78, 5) is 4.84. The highest BCUT2D eigenvalue weighted by molar-refractivity contribution is 6.01. The number of hydrogen-bond acceptors (Lipinski definition) is 2. The third-order valence-corrected chi connectivity index (χ3v) is 11.8. The molecule has 0 bridgehead atoms. The normalized spacial score (nSPS) is 12.6. The molecule has 1 aliphatic rings. The Balaban J connectivity index is 1.20. The van der Waals surface area contributed by atoms with E-state index in [0.717, 1.165) is 46.1 Å². The largest absolute Gasteiger partial charge is 0.310 e. The average molecular weight is 731 g/mol. The molecule has 57 heavy (non-hydrogen) atoms. The van der Waals surface area contributed by atoms with Crippen LogP contribution in [0.2, 0.25) is 0 Å². The highest BCUT2D eigenvalue weighted by atomic mass is 15.1. The molecule has 0 aromatic heterocycles. The summed E-state index contributed by atoms with van der Waals surface area (Å²) < 4.78 is 0. The molecule has 9 aromatic rings. The Kier molecular flexibility index (Phi) is 8.53. The van der Waals surface area contributed by atoms with Crippen molar-refractivity contribution in [1.82, 2.24) is 0 Å². The van der Waals surface area contributed by atoms with Crippen molar-refractivity contribution in [2.45, 2.75) is 18.8 Å². The van der Waals surface area contributed by atoms with Gasteiger partial charge in [0, 0.05) is 38.9 Å². The minimum absolute atomic E-state index is 0.258. The monoisotopic (exact) mass is 730 g/mol. The van der Waals surface area contributed by atoms with Crippen LogP contribution < -0.4 is 9.80 Å². The number of fused-ring (bicyclic) bond motifs is 5. The van der Waals surface area contributed by atoms with Gasteiger partial charge < -0.3 is 9.80 Å². The smallest absolute Gasteiger partial charge is 0.0540 e. The summed E-state index contributed by atoms with van der Waals surface area (Å²) in [6, 6.07) is 75.3. The molecule has 0 unspecified atom stereocenters. The highest BCUT2D eigenvalue weighted by Crippen LogP contribution is 2.54. The Morgan fingerprint density at radius 1 is 0.439 bits per heavy atom. The van der Waals surface area contributed by atoms with E-state index >= 15 is 0 Å². The van der Waals surface area contributed by atoms with Gasteiger partial charge in [0.25, 0.3) is 0 Å². The lowest BCUT2D eigenvalue weighted by Crippen LogP contribution is -2.24.